The van der Waals surface area contributed by atoms with E-state index < -0.39 is 11.7 Å². The van der Waals surface area contributed by atoms with E-state index in [1.807, 2.05) is 6.07 Å². The van der Waals surface area contributed by atoms with Crippen LogP contribution >= 0.6 is 11.6 Å². The fraction of sp³-hybridized carbons (Fsp3) is 0.0714. The smallest absolute Gasteiger partial charge is 0.192 e. The van der Waals surface area contributed by atoms with Crippen LogP contribution in [0.5, 0.6) is 0 Å². The van der Waals surface area contributed by atoms with Gasteiger partial charge in [0.05, 0.1) is 17.2 Å². The van der Waals surface area contributed by atoms with Gasteiger partial charge in [-0.15, -0.1) is 0 Å². The molecule has 2 aromatic carbocycles. The fourth-order valence-corrected chi connectivity index (χ4v) is 1.90. The lowest BCUT2D eigenvalue weighted by Crippen LogP contribution is -2.04. The Labute approximate surface area is 112 Å². The molecule has 0 amide bonds. The van der Waals surface area contributed by atoms with Crippen molar-refractivity contribution in [2.24, 2.45) is 0 Å². The highest BCUT2D eigenvalue weighted by Crippen LogP contribution is 2.33. The predicted molar refractivity (Wildman–Crippen MR) is 66.6 cm³/mol. The Bertz CT molecular complexity index is 656. The third-order valence-corrected chi connectivity index (χ3v) is 2.84. The maximum atomic E-state index is 12.6. The van der Waals surface area contributed by atoms with E-state index in [2.05, 4.69) is 0 Å². The first-order chi connectivity index (χ1) is 8.91. The lowest BCUT2D eigenvalue weighted by Gasteiger charge is -2.10. The van der Waals surface area contributed by atoms with Crippen molar-refractivity contribution in [3.8, 4) is 17.2 Å². The summed E-state index contributed by atoms with van der Waals surface area (Å²) in [6, 6.07) is 11.3. The van der Waals surface area contributed by atoms with Crippen LogP contribution in [0.15, 0.2) is 42.5 Å². The maximum Gasteiger partial charge on any atom is 0.416 e. The lowest BCUT2D eigenvalue weighted by molar-refractivity contribution is -0.137. The van der Waals surface area contributed by atoms with Gasteiger partial charge in [-0.05, 0) is 35.4 Å². The second-order valence-electron chi connectivity index (χ2n) is 3.88. The highest BCUT2D eigenvalue weighted by Gasteiger charge is 2.30. The number of benzene rings is 2. The minimum atomic E-state index is -4.41. The summed E-state index contributed by atoms with van der Waals surface area (Å²) in [6.45, 7) is 0. The maximum absolute atomic E-state index is 12.6. The van der Waals surface area contributed by atoms with Gasteiger partial charge in [0.25, 0.3) is 0 Å². The fourth-order valence-electron chi connectivity index (χ4n) is 1.72. The first-order valence-corrected chi connectivity index (χ1v) is 5.67. The summed E-state index contributed by atoms with van der Waals surface area (Å²) in [6.07, 6.45) is -4.41. The van der Waals surface area contributed by atoms with E-state index in [1.54, 1.807) is 0 Å². The summed E-state index contributed by atoms with van der Waals surface area (Å²) in [5.74, 6) is 0. The SMILES string of the molecule is N#Cc1cc(Cl)ccc1-c1cccc(C(F)(F)F)c1. The van der Waals surface area contributed by atoms with Gasteiger partial charge in [-0.2, -0.15) is 18.4 Å². The predicted octanol–water partition coefficient (Wildman–Crippen LogP) is 4.90. The number of alkyl halides is 3. The van der Waals surface area contributed by atoms with Gasteiger partial charge < -0.3 is 0 Å². The van der Waals surface area contributed by atoms with Gasteiger partial charge in [0.1, 0.15) is 0 Å². The molecule has 0 aromatic heterocycles. The molecule has 2 aromatic rings. The van der Waals surface area contributed by atoms with Gasteiger partial charge in [-0.25, -0.2) is 0 Å². The molecular weight excluding hydrogens is 275 g/mol. The van der Waals surface area contributed by atoms with Crippen molar-refractivity contribution in [2.45, 2.75) is 6.18 Å². The normalized spacial score (nSPS) is 11.1. The average Bonchev–Trinajstić information content (AvgIpc) is 2.37. The number of rotatable bonds is 1. The second-order valence-corrected chi connectivity index (χ2v) is 4.32. The largest absolute Gasteiger partial charge is 0.416 e. The molecule has 0 N–H and O–H groups in total. The third kappa shape index (κ3) is 2.88. The van der Waals surface area contributed by atoms with E-state index in [-0.39, 0.29) is 5.56 Å². The zero-order valence-electron chi connectivity index (χ0n) is 9.50. The zero-order valence-corrected chi connectivity index (χ0v) is 10.3. The van der Waals surface area contributed by atoms with Crippen LogP contribution in [0.4, 0.5) is 13.2 Å². The molecule has 2 rings (SSSR count). The molecule has 0 saturated carbocycles. The number of nitrogens with zero attached hydrogens (tertiary/aromatic N) is 1. The molecule has 1 nitrogen and oxygen atoms in total. The van der Waals surface area contributed by atoms with Crippen LogP contribution in [0.2, 0.25) is 5.02 Å². The minimum absolute atomic E-state index is 0.242. The molecule has 0 unspecified atom stereocenters. The molecule has 0 aliphatic heterocycles. The van der Waals surface area contributed by atoms with Crippen molar-refractivity contribution in [3.05, 3.63) is 58.6 Å². The number of hydrogen-bond donors (Lipinski definition) is 0. The van der Waals surface area contributed by atoms with Gasteiger partial charge in [0.15, 0.2) is 0 Å². The molecular formula is C14H7ClF3N. The first kappa shape index (κ1) is 13.4. The second kappa shape index (κ2) is 4.94. The van der Waals surface area contributed by atoms with Gasteiger partial charge >= 0.3 is 6.18 Å². The molecule has 0 radical (unpaired) electrons. The van der Waals surface area contributed by atoms with Crippen LogP contribution in [0, 0.1) is 11.3 Å². The van der Waals surface area contributed by atoms with E-state index in [4.69, 9.17) is 16.9 Å². The molecule has 0 saturated heterocycles. The zero-order chi connectivity index (χ0) is 14.0. The Morgan fingerprint density at radius 2 is 1.79 bits per heavy atom. The van der Waals surface area contributed by atoms with Gasteiger partial charge in [0, 0.05) is 5.02 Å². The van der Waals surface area contributed by atoms with E-state index in [0.29, 0.717) is 16.1 Å². The van der Waals surface area contributed by atoms with Crippen LogP contribution in [0.1, 0.15) is 11.1 Å². The molecule has 0 heterocycles. The van der Waals surface area contributed by atoms with Crippen molar-refractivity contribution >= 4 is 11.6 Å². The van der Waals surface area contributed by atoms with Crippen molar-refractivity contribution in [1.82, 2.24) is 0 Å². The summed E-state index contributed by atoms with van der Waals surface area (Å²) in [5, 5.41) is 9.37. The highest BCUT2D eigenvalue weighted by molar-refractivity contribution is 6.30. The molecule has 0 aliphatic carbocycles. The summed E-state index contributed by atoms with van der Waals surface area (Å²) in [4.78, 5) is 0. The van der Waals surface area contributed by atoms with Gasteiger partial charge in [-0.3, -0.25) is 0 Å². The first-order valence-electron chi connectivity index (χ1n) is 5.29. The van der Waals surface area contributed by atoms with E-state index in [1.165, 1.54) is 30.3 Å². The molecule has 0 aliphatic rings. The molecule has 19 heavy (non-hydrogen) atoms. The standard InChI is InChI=1S/C14H7ClF3N/c15-12-4-5-13(10(7-12)8-19)9-2-1-3-11(6-9)14(16,17)18/h1-7H. The van der Waals surface area contributed by atoms with Crippen LogP contribution in [-0.2, 0) is 6.18 Å². The topological polar surface area (TPSA) is 23.8 Å². The minimum Gasteiger partial charge on any atom is -0.192 e. The molecule has 0 fully saturated rings. The van der Waals surface area contributed by atoms with Crippen LogP contribution in [0.25, 0.3) is 11.1 Å². The molecule has 0 spiro atoms. The van der Waals surface area contributed by atoms with E-state index in [9.17, 15) is 13.2 Å². The van der Waals surface area contributed by atoms with Crippen LogP contribution in [0.3, 0.4) is 0 Å². The summed E-state index contributed by atoms with van der Waals surface area (Å²) >= 11 is 5.76. The number of halogens is 4. The van der Waals surface area contributed by atoms with E-state index in [0.717, 1.165) is 12.1 Å². The van der Waals surface area contributed by atoms with Crippen molar-refractivity contribution in [1.29, 1.82) is 5.26 Å². The Hall–Kier alpha value is -1.99. The summed E-state index contributed by atoms with van der Waals surface area (Å²) in [5.41, 5.74) is 0.261. The van der Waals surface area contributed by atoms with Crippen molar-refractivity contribution in [2.75, 3.05) is 0 Å². The third-order valence-electron chi connectivity index (χ3n) is 2.60. The summed E-state index contributed by atoms with van der Waals surface area (Å²) < 4.78 is 37.9. The number of nitriles is 1. The average molecular weight is 282 g/mol. The van der Waals surface area contributed by atoms with Gasteiger partial charge in [-0.1, -0.05) is 29.8 Å². The highest BCUT2D eigenvalue weighted by atomic mass is 35.5. The van der Waals surface area contributed by atoms with E-state index >= 15 is 0 Å². The molecule has 0 bridgehead atoms. The number of hydrogen-bond acceptors (Lipinski definition) is 1. The van der Waals surface area contributed by atoms with Crippen molar-refractivity contribution < 1.29 is 13.2 Å². The Morgan fingerprint density at radius 3 is 2.42 bits per heavy atom. The Kier molecular flexibility index (Phi) is 3.50. The lowest BCUT2D eigenvalue weighted by atomic mass is 9.98. The molecule has 0 atom stereocenters. The monoisotopic (exact) mass is 281 g/mol. The quantitative estimate of drug-likeness (QED) is 0.729. The Morgan fingerprint density at radius 1 is 1.05 bits per heavy atom. The van der Waals surface area contributed by atoms with Crippen LogP contribution in [-0.4, -0.2) is 0 Å². The Balaban J connectivity index is 2.58. The van der Waals surface area contributed by atoms with Crippen LogP contribution < -0.4 is 0 Å². The molecule has 96 valence electrons. The van der Waals surface area contributed by atoms with Gasteiger partial charge in [0.2, 0.25) is 0 Å². The van der Waals surface area contributed by atoms with Crippen molar-refractivity contribution in [3.63, 3.8) is 0 Å². The summed E-state index contributed by atoms with van der Waals surface area (Å²) in [7, 11) is 0. The molecule has 5 heteroatoms.